The molecule has 0 unspecified atom stereocenters. The number of thiophene rings is 1. The molecule has 0 radical (unpaired) electrons. The summed E-state index contributed by atoms with van der Waals surface area (Å²) in [6, 6.07) is 8.84. The van der Waals surface area contributed by atoms with Gasteiger partial charge in [0.25, 0.3) is 0 Å². The first kappa shape index (κ1) is 17.9. The van der Waals surface area contributed by atoms with Crippen LogP contribution in [0, 0.1) is 11.8 Å². The van der Waals surface area contributed by atoms with Gasteiger partial charge in [-0.25, -0.2) is 9.97 Å². The SMILES string of the molecule is CC1CCN(c2ccc(Nc3ncnc4sc5c(c34)CC[C@@H](C)C5)cc2)CC1. The van der Waals surface area contributed by atoms with Gasteiger partial charge in [0.2, 0.25) is 0 Å². The van der Waals surface area contributed by atoms with Gasteiger partial charge in [0.05, 0.1) is 5.39 Å². The van der Waals surface area contributed by atoms with E-state index in [2.05, 4.69) is 58.3 Å². The smallest absolute Gasteiger partial charge is 0.142 e. The molecule has 5 heteroatoms. The average Bonchev–Trinajstić information content (AvgIpc) is 3.07. The molecular weight excluding hydrogens is 364 g/mol. The maximum Gasteiger partial charge on any atom is 0.142 e. The Balaban J connectivity index is 1.40. The van der Waals surface area contributed by atoms with Crippen LogP contribution in [0.25, 0.3) is 10.2 Å². The number of rotatable bonds is 3. The lowest BCUT2D eigenvalue weighted by atomic mass is 9.89. The van der Waals surface area contributed by atoms with E-state index in [4.69, 9.17) is 0 Å². The molecule has 146 valence electrons. The number of nitrogens with zero attached hydrogens (tertiary/aromatic N) is 3. The predicted molar refractivity (Wildman–Crippen MR) is 119 cm³/mol. The summed E-state index contributed by atoms with van der Waals surface area (Å²) in [6.07, 6.45) is 7.86. The van der Waals surface area contributed by atoms with Crippen LogP contribution in [0.2, 0.25) is 0 Å². The van der Waals surface area contributed by atoms with Crippen LogP contribution in [-0.2, 0) is 12.8 Å². The molecule has 5 rings (SSSR count). The third-order valence-electron chi connectivity index (χ3n) is 6.37. The standard InChI is InChI=1S/C23H28N4S/c1-15-9-11-27(12-10-15)18-6-4-17(5-7-18)26-22-21-19-8-3-16(2)13-20(19)28-23(21)25-14-24-22/h4-7,14-16H,3,8-13H2,1-2H3,(H,24,25,26)/t16-/m1/s1. The Labute approximate surface area is 171 Å². The van der Waals surface area contributed by atoms with Crippen LogP contribution < -0.4 is 10.2 Å². The molecular formula is C23H28N4S. The molecule has 1 saturated heterocycles. The van der Waals surface area contributed by atoms with Crippen LogP contribution in [-0.4, -0.2) is 23.1 Å². The van der Waals surface area contributed by atoms with Crippen LogP contribution in [0.3, 0.4) is 0 Å². The number of fused-ring (bicyclic) bond motifs is 3. The molecule has 1 aliphatic carbocycles. The van der Waals surface area contributed by atoms with E-state index in [1.807, 2.05) is 11.3 Å². The summed E-state index contributed by atoms with van der Waals surface area (Å²) >= 11 is 1.85. The van der Waals surface area contributed by atoms with Crippen molar-refractivity contribution in [2.75, 3.05) is 23.3 Å². The molecule has 3 aromatic rings. The quantitative estimate of drug-likeness (QED) is 0.612. The number of anilines is 3. The highest BCUT2D eigenvalue weighted by atomic mass is 32.1. The van der Waals surface area contributed by atoms with Gasteiger partial charge in [-0.1, -0.05) is 13.8 Å². The number of aryl methyl sites for hydroxylation is 1. The van der Waals surface area contributed by atoms with E-state index < -0.39 is 0 Å². The van der Waals surface area contributed by atoms with Gasteiger partial charge in [0, 0.05) is 29.3 Å². The van der Waals surface area contributed by atoms with Crippen molar-refractivity contribution >= 4 is 38.7 Å². The van der Waals surface area contributed by atoms with Crippen molar-refractivity contribution in [3.63, 3.8) is 0 Å². The molecule has 0 spiro atoms. The Morgan fingerprint density at radius 1 is 1.00 bits per heavy atom. The molecule has 2 aromatic heterocycles. The van der Waals surface area contributed by atoms with Crippen molar-refractivity contribution in [2.45, 2.75) is 46.0 Å². The lowest BCUT2D eigenvalue weighted by molar-refractivity contribution is 0.438. The van der Waals surface area contributed by atoms with Crippen molar-refractivity contribution in [3.8, 4) is 0 Å². The first-order valence-electron chi connectivity index (χ1n) is 10.5. The maximum absolute atomic E-state index is 4.60. The number of hydrogen-bond donors (Lipinski definition) is 1. The molecule has 0 saturated carbocycles. The van der Waals surface area contributed by atoms with E-state index in [0.717, 1.165) is 34.6 Å². The first-order valence-corrected chi connectivity index (χ1v) is 11.4. The second kappa shape index (κ2) is 7.36. The summed E-state index contributed by atoms with van der Waals surface area (Å²) in [7, 11) is 0. The summed E-state index contributed by atoms with van der Waals surface area (Å²) < 4.78 is 0. The summed E-state index contributed by atoms with van der Waals surface area (Å²) in [4.78, 5) is 14.3. The maximum atomic E-state index is 4.60. The zero-order valence-corrected chi connectivity index (χ0v) is 17.6. The van der Waals surface area contributed by atoms with Gasteiger partial charge < -0.3 is 10.2 Å². The topological polar surface area (TPSA) is 41.0 Å². The molecule has 1 aliphatic heterocycles. The highest BCUT2D eigenvalue weighted by Gasteiger charge is 2.23. The minimum atomic E-state index is 0.773. The number of hydrogen-bond acceptors (Lipinski definition) is 5. The molecule has 0 amide bonds. The van der Waals surface area contributed by atoms with Crippen molar-refractivity contribution < 1.29 is 0 Å². The van der Waals surface area contributed by atoms with E-state index in [1.54, 1.807) is 6.33 Å². The van der Waals surface area contributed by atoms with Crippen LogP contribution in [0.5, 0.6) is 0 Å². The minimum absolute atomic E-state index is 0.773. The number of benzene rings is 1. The third kappa shape index (κ3) is 3.37. The van der Waals surface area contributed by atoms with Gasteiger partial charge >= 0.3 is 0 Å². The first-order chi connectivity index (χ1) is 13.7. The largest absolute Gasteiger partial charge is 0.372 e. The Morgan fingerprint density at radius 3 is 2.57 bits per heavy atom. The van der Waals surface area contributed by atoms with Crippen LogP contribution in [0.15, 0.2) is 30.6 Å². The van der Waals surface area contributed by atoms with Crippen LogP contribution in [0.1, 0.15) is 43.6 Å². The molecule has 28 heavy (non-hydrogen) atoms. The Bertz CT molecular complexity index is 970. The van der Waals surface area contributed by atoms with E-state index in [1.165, 1.54) is 60.3 Å². The van der Waals surface area contributed by atoms with Gasteiger partial charge in [-0.2, -0.15) is 0 Å². The zero-order valence-electron chi connectivity index (χ0n) is 16.7. The monoisotopic (exact) mass is 392 g/mol. The van der Waals surface area contributed by atoms with Crippen molar-refractivity contribution in [1.29, 1.82) is 0 Å². The third-order valence-corrected chi connectivity index (χ3v) is 7.53. The summed E-state index contributed by atoms with van der Waals surface area (Å²) in [6.45, 7) is 7.04. The molecule has 1 atom stereocenters. The highest BCUT2D eigenvalue weighted by Crippen LogP contribution is 2.40. The lowest BCUT2D eigenvalue weighted by Gasteiger charge is -2.32. The molecule has 1 aromatic carbocycles. The zero-order chi connectivity index (χ0) is 19.1. The second-order valence-electron chi connectivity index (χ2n) is 8.60. The summed E-state index contributed by atoms with van der Waals surface area (Å²) in [5, 5.41) is 4.81. The molecule has 3 heterocycles. The fourth-order valence-corrected chi connectivity index (χ4v) is 5.88. The van der Waals surface area contributed by atoms with Gasteiger partial charge in [-0.05, 0) is 73.8 Å². The van der Waals surface area contributed by atoms with E-state index >= 15 is 0 Å². The highest BCUT2D eigenvalue weighted by molar-refractivity contribution is 7.19. The number of nitrogens with one attached hydrogen (secondary N) is 1. The molecule has 2 aliphatic rings. The van der Waals surface area contributed by atoms with E-state index in [0.29, 0.717) is 0 Å². The lowest BCUT2D eigenvalue weighted by Crippen LogP contribution is -2.32. The molecule has 0 bridgehead atoms. The molecule has 4 nitrogen and oxygen atoms in total. The Morgan fingerprint density at radius 2 is 1.79 bits per heavy atom. The summed E-state index contributed by atoms with van der Waals surface area (Å²) in [5.74, 6) is 2.59. The molecule has 1 fully saturated rings. The fraction of sp³-hybridized carbons (Fsp3) is 0.478. The van der Waals surface area contributed by atoms with Crippen molar-refractivity contribution in [2.24, 2.45) is 11.8 Å². The van der Waals surface area contributed by atoms with Crippen molar-refractivity contribution in [1.82, 2.24) is 9.97 Å². The Hall–Kier alpha value is -2.14. The van der Waals surface area contributed by atoms with Gasteiger partial charge in [0.1, 0.15) is 17.0 Å². The molecule has 1 N–H and O–H groups in total. The van der Waals surface area contributed by atoms with Gasteiger partial charge in [-0.15, -0.1) is 11.3 Å². The fourth-order valence-electron chi connectivity index (χ4n) is 4.53. The van der Waals surface area contributed by atoms with E-state index in [-0.39, 0.29) is 0 Å². The van der Waals surface area contributed by atoms with E-state index in [9.17, 15) is 0 Å². The second-order valence-corrected chi connectivity index (χ2v) is 9.68. The summed E-state index contributed by atoms with van der Waals surface area (Å²) in [5.41, 5.74) is 3.89. The average molecular weight is 393 g/mol. The minimum Gasteiger partial charge on any atom is -0.372 e. The number of aromatic nitrogens is 2. The normalized spacial score (nSPS) is 20.4. The van der Waals surface area contributed by atoms with Gasteiger partial charge in [0.15, 0.2) is 0 Å². The number of piperidine rings is 1. The van der Waals surface area contributed by atoms with Crippen LogP contribution >= 0.6 is 11.3 Å². The Kier molecular flexibility index (Phi) is 4.71. The van der Waals surface area contributed by atoms with Gasteiger partial charge in [-0.3, -0.25) is 0 Å². The predicted octanol–water partition coefficient (Wildman–Crippen LogP) is 5.80. The van der Waals surface area contributed by atoms with Crippen molar-refractivity contribution in [3.05, 3.63) is 41.0 Å². The van der Waals surface area contributed by atoms with Crippen LogP contribution in [0.4, 0.5) is 17.2 Å².